The predicted octanol–water partition coefficient (Wildman–Crippen LogP) is 4.96. The van der Waals surface area contributed by atoms with Gasteiger partial charge in [-0.05, 0) is 43.9 Å². The van der Waals surface area contributed by atoms with Crippen LogP contribution in [0.15, 0.2) is 24.3 Å². The van der Waals surface area contributed by atoms with Gasteiger partial charge in [-0.15, -0.1) is 0 Å². The number of rotatable bonds is 4. The molecule has 0 radical (unpaired) electrons. The summed E-state index contributed by atoms with van der Waals surface area (Å²) in [5.74, 6) is 0.859. The zero-order valence-electron chi connectivity index (χ0n) is 11.3. The second-order valence-corrected chi connectivity index (χ2v) is 5.92. The van der Waals surface area contributed by atoms with Crippen molar-refractivity contribution in [3.63, 3.8) is 0 Å². The molecular formula is C16H24ClN. The highest BCUT2D eigenvalue weighted by atomic mass is 35.5. The number of hydrogen-bond donors (Lipinski definition) is 1. The second kappa shape index (κ2) is 7.16. The molecule has 1 aromatic carbocycles. The summed E-state index contributed by atoms with van der Waals surface area (Å²) in [6, 6.07) is 8.49. The van der Waals surface area contributed by atoms with E-state index in [1.807, 2.05) is 12.1 Å². The van der Waals surface area contributed by atoms with Crippen molar-refractivity contribution in [2.45, 2.75) is 51.5 Å². The monoisotopic (exact) mass is 265 g/mol. The van der Waals surface area contributed by atoms with Crippen molar-refractivity contribution < 1.29 is 0 Å². The van der Waals surface area contributed by atoms with E-state index in [-0.39, 0.29) is 0 Å². The topological polar surface area (TPSA) is 12.0 Å². The highest BCUT2D eigenvalue weighted by Gasteiger charge is 2.14. The van der Waals surface area contributed by atoms with Gasteiger partial charge in [0.1, 0.15) is 0 Å². The summed E-state index contributed by atoms with van der Waals surface area (Å²) < 4.78 is 0. The fourth-order valence-corrected chi connectivity index (χ4v) is 3.15. The minimum absolute atomic E-state index is 0.349. The summed E-state index contributed by atoms with van der Waals surface area (Å²) in [6.07, 6.45) is 8.46. The van der Waals surface area contributed by atoms with Gasteiger partial charge in [-0.3, -0.25) is 0 Å². The molecule has 0 aromatic heterocycles. The average molecular weight is 266 g/mol. The maximum absolute atomic E-state index is 6.23. The van der Waals surface area contributed by atoms with Crippen molar-refractivity contribution >= 4 is 11.6 Å². The third kappa shape index (κ3) is 4.00. The van der Waals surface area contributed by atoms with Crippen molar-refractivity contribution in [1.29, 1.82) is 0 Å². The van der Waals surface area contributed by atoms with Crippen LogP contribution in [0.4, 0.5) is 0 Å². The van der Waals surface area contributed by atoms with Gasteiger partial charge in [0.25, 0.3) is 0 Å². The van der Waals surface area contributed by atoms with Crippen molar-refractivity contribution in [2.75, 3.05) is 6.54 Å². The molecule has 1 aliphatic carbocycles. The minimum Gasteiger partial charge on any atom is -0.310 e. The Morgan fingerprint density at radius 1 is 1.17 bits per heavy atom. The first-order chi connectivity index (χ1) is 8.77. The fraction of sp³-hybridized carbons (Fsp3) is 0.625. The Morgan fingerprint density at radius 3 is 2.50 bits per heavy atom. The van der Waals surface area contributed by atoms with Crippen LogP contribution in [0.2, 0.25) is 5.02 Å². The van der Waals surface area contributed by atoms with E-state index in [0.717, 1.165) is 17.5 Å². The molecule has 0 amide bonds. The standard InChI is InChI=1S/C16H24ClN/c1-13(15-10-6-7-11-16(15)17)18-12-14-8-4-2-3-5-9-14/h6-7,10-11,13-14,18H,2-5,8-9,12H2,1H3/t13-/m1/s1. The highest BCUT2D eigenvalue weighted by molar-refractivity contribution is 6.31. The number of halogens is 1. The van der Waals surface area contributed by atoms with Gasteiger partial charge >= 0.3 is 0 Å². The lowest BCUT2D eigenvalue weighted by Crippen LogP contribution is -2.25. The van der Waals surface area contributed by atoms with Gasteiger partial charge in [0.2, 0.25) is 0 Å². The summed E-state index contributed by atoms with van der Waals surface area (Å²) in [6.45, 7) is 3.34. The van der Waals surface area contributed by atoms with Crippen LogP contribution in [0, 0.1) is 5.92 Å². The van der Waals surface area contributed by atoms with E-state index in [0.29, 0.717) is 6.04 Å². The fourth-order valence-electron chi connectivity index (χ4n) is 2.85. The molecule has 1 N–H and O–H groups in total. The maximum Gasteiger partial charge on any atom is 0.0453 e. The highest BCUT2D eigenvalue weighted by Crippen LogP contribution is 2.25. The van der Waals surface area contributed by atoms with E-state index >= 15 is 0 Å². The summed E-state index contributed by atoms with van der Waals surface area (Å²) in [4.78, 5) is 0. The molecule has 1 atom stereocenters. The van der Waals surface area contributed by atoms with Crippen LogP contribution in [0.25, 0.3) is 0 Å². The van der Waals surface area contributed by atoms with Crippen LogP contribution < -0.4 is 5.32 Å². The van der Waals surface area contributed by atoms with E-state index in [4.69, 9.17) is 11.6 Å². The Hall–Kier alpha value is -0.530. The molecule has 1 nitrogen and oxygen atoms in total. The third-order valence-corrected chi connectivity index (χ3v) is 4.40. The Morgan fingerprint density at radius 2 is 1.83 bits per heavy atom. The molecule has 0 saturated heterocycles. The van der Waals surface area contributed by atoms with Crippen LogP contribution in [0.3, 0.4) is 0 Å². The molecule has 0 heterocycles. The van der Waals surface area contributed by atoms with Crippen molar-refractivity contribution in [1.82, 2.24) is 5.32 Å². The minimum atomic E-state index is 0.349. The number of benzene rings is 1. The molecule has 0 aliphatic heterocycles. The van der Waals surface area contributed by atoms with Crippen molar-refractivity contribution in [3.05, 3.63) is 34.9 Å². The summed E-state index contributed by atoms with van der Waals surface area (Å²) in [5.41, 5.74) is 1.22. The number of nitrogens with one attached hydrogen (secondary N) is 1. The van der Waals surface area contributed by atoms with Crippen LogP contribution in [-0.2, 0) is 0 Å². The quantitative estimate of drug-likeness (QED) is 0.759. The first-order valence-corrected chi connectivity index (χ1v) is 7.63. The van der Waals surface area contributed by atoms with Crippen molar-refractivity contribution in [3.8, 4) is 0 Å². The summed E-state index contributed by atoms with van der Waals surface area (Å²) in [5, 5.41) is 4.53. The van der Waals surface area contributed by atoms with Crippen LogP contribution in [-0.4, -0.2) is 6.54 Å². The van der Waals surface area contributed by atoms with E-state index in [2.05, 4.69) is 24.4 Å². The van der Waals surface area contributed by atoms with Gasteiger partial charge in [0.15, 0.2) is 0 Å². The van der Waals surface area contributed by atoms with Gasteiger partial charge < -0.3 is 5.32 Å². The molecule has 1 saturated carbocycles. The first-order valence-electron chi connectivity index (χ1n) is 7.25. The Bertz CT molecular complexity index is 356. The van der Waals surface area contributed by atoms with Gasteiger partial charge in [0, 0.05) is 11.1 Å². The SMILES string of the molecule is C[C@@H](NCC1CCCCCC1)c1ccccc1Cl. The Balaban J connectivity index is 1.84. The van der Waals surface area contributed by atoms with E-state index in [1.165, 1.54) is 44.1 Å². The largest absolute Gasteiger partial charge is 0.310 e. The second-order valence-electron chi connectivity index (χ2n) is 5.51. The third-order valence-electron chi connectivity index (χ3n) is 4.06. The molecule has 2 rings (SSSR count). The summed E-state index contributed by atoms with van der Waals surface area (Å²) >= 11 is 6.23. The zero-order chi connectivity index (χ0) is 12.8. The molecule has 1 aromatic rings. The van der Waals surface area contributed by atoms with Crippen LogP contribution in [0.5, 0.6) is 0 Å². The van der Waals surface area contributed by atoms with Gasteiger partial charge in [0.05, 0.1) is 0 Å². The van der Waals surface area contributed by atoms with Gasteiger partial charge in [-0.1, -0.05) is 55.5 Å². The molecular weight excluding hydrogens is 242 g/mol. The zero-order valence-corrected chi connectivity index (χ0v) is 12.0. The molecule has 0 bridgehead atoms. The predicted molar refractivity (Wildman–Crippen MR) is 79.1 cm³/mol. The average Bonchev–Trinajstić information content (AvgIpc) is 2.65. The molecule has 2 heteroatoms. The van der Waals surface area contributed by atoms with Gasteiger partial charge in [-0.2, -0.15) is 0 Å². The lowest BCUT2D eigenvalue weighted by atomic mass is 9.99. The maximum atomic E-state index is 6.23. The molecule has 18 heavy (non-hydrogen) atoms. The molecule has 100 valence electrons. The Labute approximate surface area is 116 Å². The number of hydrogen-bond acceptors (Lipinski definition) is 1. The van der Waals surface area contributed by atoms with E-state index in [1.54, 1.807) is 0 Å². The summed E-state index contributed by atoms with van der Waals surface area (Å²) in [7, 11) is 0. The lowest BCUT2D eigenvalue weighted by Gasteiger charge is -2.20. The lowest BCUT2D eigenvalue weighted by molar-refractivity contribution is 0.403. The first kappa shape index (κ1) is 13.9. The smallest absolute Gasteiger partial charge is 0.0453 e. The molecule has 1 aliphatic rings. The van der Waals surface area contributed by atoms with Gasteiger partial charge in [-0.25, -0.2) is 0 Å². The Kier molecular flexibility index (Phi) is 5.52. The van der Waals surface area contributed by atoms with Crippen molar-refractivity contribution in [2.24, 2.45) is 5.92 Å². The molecule has 0 unspecified atom stereocenters. The van der Waals surface area contributed by atoms with E-state index < -0.39 is 0 Å². The normalized spacial score (nSPS) is 19.4. The molecule has 1 fully saturated rings. The van der Waals surface area contributed by atoms with E-state index in [9.17, 15) is 0 Å². The van der Waals surface area contributed by atoms with Crippen LogP contribution >= 0.6 is 11.6 Å². The molecule has 0 spiro atoms. The van der Waals surface area contributed by atoms with Crippen LogP contribution in [0.1, 0.15) is 57.1 Å².